The number of nitrogens with zero attached hydrogens (tertiary/aromatic N) is 3. The van der Waals surface area contributed by atoms with Crippen LogP contribution in [-0.2, 0) is 0 Å². The zero-order chi connectivity index (χ0) is 15.4. The first-order valence-electron chi connectivity index (χ1n) is 7.48. The molecule has 0 radical (unpaired) electrons. The summed E-state index contributed by atoms with van der Waals surface area (Å²) in [4.78, 5) is 20.6. The van der Waals surface area contributed by atoms with E-state index in [0.29, 0.717) is 0 Å². The number of amides is 2. The summed E-state index contributed by atoms with van der Waals surface area (Å²) in [5.74, 6) is 0. The largest absolute Gasteiger partial charge is 0.360 e. The predicted octanol–water partition coefficient (Wildman–Crippen LogP) is 2.74. The van der Waals surface area contributed by atoms with Crippen molar-refractivity contribution in [3.63, 3.8) is 0 Å². The number of nitrogens with one attached hydrogen (secondary N) is 1. The number of rotatable bonds is 3. The lowest BCUT2D eigenvalue weighted by Gasteiger charge is -2.35. The van der Waals surface area contributed by atoms with Crippen molar-refractivity contribution in [1.29, 1.82) is 0 Å². The number of carbonyl (C=O) groups is 1. The van der Waals surface area contributed by atoms with Crippen molar-refractivity contribution in [2.75, 3.05) is 31.1 Å². The highest BCUT2D eigenvalue weighted by Crippen LogP contribution is 2.22. The van der Waals surface area contributed by atoms with Crippen LogP contribution in [0.4, 0.5) is 9.80 Å². The molecule has 1 fully saturated rings. The van der Waals surface area contributed by atoms with Gasteiger partial charge in [-0.15, -0.1) is 11.3 Å². The first kappa shape index (κ1) is 14.8. The summed E-state index contributed by atoms with van der Waals surface area (Å²) in [7, 11) is 0. The van der Waals surface area contributed by atoms with Crippen LogP contribution in [0.25, 0.3) is 0 Å². The van der Waals surface area contributed by atoms with Crippen molar-refractivity contribution in [1.82, 2.24) is 15.2 Å². The van der Waals surface area contributed by atoms with E-state index in [1.54, 1.807) is 23.7 Å². The van der Waals surface area contributed by atoms with E-state index in [9.17, 15) is 4.79 Å². The van der Waals surface area contributed by atoms with E-state index < -0.39 is 0 Å². The molecule has 6 heteroatoms. The van der Waals surface area contributed by atoms with E-state index in [-0.39, 0.29) is 12.1 Å². The summed E-state index contributed by atoms with van der Waals surface area (Å²) in [5.41, 5.74) is 1.07. The van der Waals surface area contributed by atoms with Gasteiger partial charge in [0.2, 0.25) is 0 Å². The fourth-order valence-corrected chi connectivity index (χ4v) is 3.38. The summed E-state index contributed by atoms with van der Waals surface area (Å²) in [5, 5.41) is 6.43. The van der Waals surface area contributed by atoms with Gasteiger partial charge in [-0.1, -0.05) is 0 Å². The van der Waals surface area contributed by atoms with Gasteiger partial charge in [-0.2, -0.15) is 0 Å². The highest BCUT2D eigenvalue weighted by molar-refractivity contribution is 7.14. The van der Waals surface area contributed by atoms with E-state index in [2.05, 4.69) is 32.7 Å². The van der Waals surface area contributed by atoms with Crippen LogP contribution in [-0.4, -0.2) is 42.1 Å². The molecule has 0 bridgehead atoms. The van der Waals surface area contributed by atoms with E-state index in [1.807, 2.05) is 24.0 Å². The van der Waals surface area contributed by atoms with Crippen LogP contribution in [0.1, 0.15) is 18.5 Å². The zero-order valence-corrected chi connectivity index (χ0v) is 13.4. The van der Waals surface area contributed by atoms with Gasteiger partial charge in [0, 0.05) is 38.6 Å². The molecule has 3 heterocycles. The van der Waals surface area contributed by atoms with E-state index in [0.717, 1.165) is 31.7 Å². The lowest BCUT2D eigenvalue weighted by molar-refractivity contribution is 0.191. The number of hydrogen-bond donors (Lipinski definition) is 1. The maximum Gasteiger partial charge on any atom is 0.317 e. The van der Waals surface area contributed by atoms with Gasteiger partial charge in [0.1, 0.15) is 0 Å². The normalized spacial score (nSPS) is 16.4. The van der Waals surface area contributed by atoms with Crippen molar-refractivity contribution in [3.05, 3.63) is 47.6 Å². The second kappa shape index (κ2) is 6.79. The molecule has 1 N–H and O–H groups in total. The average Bonchev–Trinajstić information content (AvgIpc) is 3.10. The van der Waals surface area contributed by atoms with Crippen molar-refractivity contribution in [3.8, 4) is 0 Å². The first-order valence-corrected chi connectivity index (χ1v) is 8.36. The van der Waals surface area contributed by atoms with Gasteiger partial charge in [0.25, 0.3) is 0 Å². The summed E-state index contributed by atoms with van der Waals surface area (Å²) < 4.78 is 0. The summed E-state index contributed by atoms with van der Waals surface area (Å²) in [6, 6.07) is 8.06. The zero-order valence-electron chi connectivity index (χ0n) is 12.6. The van der Waals surface area contributed by atoms with Gasteiger partial charge in [-0.25, -0.2) is 4.79 Å². The van der Waals surface area contributed by atoms with Crippen LogP contribution in [0.2, 0.25) is 0 Å². The quantitative estimate of drug-likeness (QED) is 0.947. The average molecular weight is 316 g/mol. The molecule has 2 amide bonds. The Hall–Kier alpha value is -2.08. The van der Waals surface area contributed by atoms with Gasteiger partial charge in [0.05, 0.1) is 11.0 Å². The molecular weight excluding hydrogens is 296 g/mol. The van der Waals surface area contributed by atoms with Gasteiger partial charge < -0.3 is 15.1 Å². The van der Waals surface area contributed by atoms with Crippen LogP contribution in [0.3, 0.4) is 0 Å². The molecule has 1 aliphatic heterocycles. The Morgan fingerprint density at radius 1 is 1.23 bits per heavy atom. The van der Waals surface area contributed by atoms with Gasteiger partial charge in [-0.05, 0) is 42.1 Å². The number of pyridine rings is 1. The predicted molar refractivity (Wildman–Crippen MR) is 89.3 cm³/mol. The van der Waals surface area contributed by atoms with Crippen LogP contribution in [0.15, 0.2) is 42.0 Å². The fourth-order valence-electron chi connectivity index (χ4n) is 2.59. The third-order valence-electron chi connectivity index (χ3n) is 3.93. The maximum atomic E-state index is 12.4. The standard InChI is InChI=1S/C16H20N4OS/c1-13(14-4-6-17-7-5-14)18-16(21)20-10-8-19(9-11-20)15-3-2-12-22-15/h2-7,12-13H,8-11H2,1H3,(H,18,21)/t13-/m0/s1. The molecule has 22 heavy (non-hydrogen) atoms. The monoisotopic (exact) mass is 316 g/mol. The minimum atomic E-state index is -0.00849. The second-order valence-corrected chi connectivity index (χ2v) is 6.30. The molecule has 2 aromatic rings. The highest BCUT2D eigenvalue weighted by atomic mass is 32.1. The van der Waals surface area contributed by atoms with Crippen molar-refractivity contribution < 1.29 is 4.79 Å². The molecule has 2 aromatic heterocycles. The lowest BCUT2D eigenvalue weighted by atomic mass is 10.1. The topological polar surface area (TPSA) is 48.5 Å². The molecule has 0 unspecified atom stereocenters. The summed E-state index contributed by atoms with van der Waals surface area (Å²) in [6.45, 7) is 5.28. The van der Waals surface area contributed by atoms with Crippen LogP contribution < -0.4 is 10.2 Å². The number of anilines is 1. The Morgan fingerprint density at radius 3 is 2.59 bits per heavy atom. The number of thiophene rings is 1. The summed E-state index contributed by atoms with van der Waals surface area (Å²) in [6.07, 6.45) is 3.50. The Labute approximate surface area is 134 Å². The minimum absolute atomic E-state index is 0.00849. The Morgan fingerprint density at radius 2 is 1.95 bits per heavy atom. The number of piperazine rings is 1. The Balaban J connectivity index is 1.52. The lowest BCUT2D eigenvalue weighted by Crippen LogP contribution is -2.52. The molecule has 0 spiro atoms. The van der Waals surface area contributed by atoms with Gasteiger partial charge in [0.15, 0.2) is 0 Å². The van der Waals surface area contributed by atoms with E-state index >= 15 is 0 Å². The second-order valence-electron chi connectivity index (χ2n) is 5.38. The van der Waals surface area contributed by atoms with E-state index in [1.165, 1.54) is 5.00 Å². The molecule has 1 saturated heterocycles. The first-order chi connectivity index (χ1) is 10.7. The van der Waals surface area contributed by atoms with E-state index in [4.69, 9.17) is 0 Å². The third kappa shape index (κ3) is 3.39. The molecule has 0 saturated carbocycles. The Kier molecular flexibility index (Phi) is 4.58. The van der Waals surface area contributed by atoms with Gasteiger partial charge in [-0.3, -0.25) is 4.98 Å². The van der Waals surface area contributed by atoms with Crippen molar-refractivity contribution in [2.24, 2.45) is 0 Å². The fraction of sp³-hybridized carbons (Fsp3) is 0.375. The molecule has 0 aromatic carbocycles. The maximum absolute atomic E-state index is 12.4. The van der Waals surface area contributed by atoms with Gasteiger partial charge >= 0.3 is 6.03 Å². The third-order valence-corrected chi connectivity index (χ3v) is 4.86. The Bertz CT molecular complexity index is 594. The van der Waals surface area contributed by atoms with Crippen molar-refractivity contribution >= 4 is 22.4 Å². The number of aromatic nitrogens is 1. The highest BCUT2D eigenvalue weighted by Gasteiger charge is 2.22. The molecular formula is C16H20N4OS. The number of carbonyl (C=O) groups excluding carboxylic acids is 1. The molecule has 1 atom stereocenters. The molecule has 5 nitrogen and oxygen atoms in total. The molecule has 3 rings (SSSR count). The number of urea groups is 1. The summed E-state index contributed by atoms with van der Waals surface area (Å²) >= 11 is 1.75. The SMILES string of the molecule is C[C@H](NC(=O)N1CCN(c2cccs2)CC1)c1ccncc1. The van der Waals surface area contributed by atoms with Crippen molar-refractivity contribution in [2.45, 2.75) is 13.0 Å². The van der Waals surface area contributed by atoms with Crippen LogP contribution in [0.5, 0.6) is 0 Å². The van der Waals surface area contributed by atoms with Crippen LogP contribution in [0, 0.1) is 0 Å². The molecule has 116 valence electrons. The molecule has 1 aliphatic rings. The smallest absolute Gasteiger partial charge is 0.317 e. The number of hydrogen-bond acceptors (Lipinski definition) is 4. The molecule has 0 aliphatic carbocycles. The minimum Gasteiger partial charge on any atom is -0.360 e. The van der Waals surface area contributed by atoms with Crippen LogP contribution >= 0.6 is 11.3 Å².